The van der Waals surface area contributed by atoms with E-state index in [-0.39, 0.29) is 17.6 Å². The highest BCUT2D eigenvalue weighted by atomic mass is 19.1. The maximum absolute atomic E-state index is 13.1. The lowest BCUT2D eigenvalue weighted by molar-refractivity contribution is 0.0795. The van der Waals surface area contributed by atoms with E-state index in [4.69, 9.17) is 4.52 Å². The summed E-state index contributed by atoms with van der Waals surface area (Å²) in [6.45, 7) is 5.20. The van der Waals surface area contributed by atoms with Crippen molar-refractivity contribution in [2.45, 2.75) is 38.6 Å². The van der Waals surface area contributed by atoms with Gasteiger partial charge in [0, 0.05) is 55.8 Å². The van der Waals surface area contributed by atoms with E-state index in [1.54, 1.807) is 31.3 Å². The quantitative estimate of drug-likeness (QED) is 0.488. The molecule has 0 unspecified atom stereocenters. The van der Waals surface area contributed by atoms with Gasteiger partial charge in [-0.05, 0) is 74.8 Å². The van der Waals surface area contributed by atoms with Crippen LogP contribution in [0.4, 0.5) is 4.39 Å². The predicted molar refractivity (Wildman–Crippen MR) is 134 cm³/mol. The number of likely N-dealkylation sites (N-methyl/N-ethyl adjacent to an activating group) is 1. The van der Waals surface area contributed by atoms with Gasteiger partial charge in [0.05, 0.1) is 0 Å². The van der Waals surface area contributed by atoms with Crippen LogP contribution in [0.2, 0.25) is 0 Å². The van der Waals surface area contributed by atoms with Gasteiger partial charge in [-0.25, -0.2) is 4.39 Å². The van der Waals surface area contributed by atoms with Gasteiger partial charge in [0.25, 0.3) is 17.7 Å². The van der Waals surface area contributed by atoms with Crippen LogP contribution in [-0.4, -0.2) is 71.0 Å². The zero-order valence-electron chi connectivity index (χ0n) is 20.7. The van der Waals surface area contributed by atoms with E-state index in [0.29, 0.717) is 54.0 Å². The Morgan fingerprint density at radius 3 is 2.56 bits per heavy atom. The first kappa shape index (κ1) is 25.5. The monoisotopic (exact) mass is 493 g/mol. The lowest BCUT2D eigenvalue weighted by Crippen LogP contribution is -2.42. The van der Waals surface area contributed by atoms with Crippen LogP contribution in [0, 0.1) is 5.82 Å². The Morgan fingerprint density at radius 1 is 1.11 bits per heavy atom. The second-order valence-electron chi connectivity index (χ2n) is 9.21. The van der Waals surface area contributed by atoms with E-state index in [0.717, 1.165) is 13.1 Å². The van der Waals surface area contributed by atoms with E-state index in [2.05, 4.69) is 27.3 Å². The largest absolute Gasteiger partial charge is 0.351 e. The lowest BCUT2D eigenvalue weighted by Gasteiger charge is -2.33. The van der Waals surface area contributed by atoms with Crippen LogP contribution in [0.1, 0.15) is 52.7 Å². The topological polar surface area (TPSA) is 91.6 Å². The highest BCUT2D eigenvalue weighted by molar-refractivity contribution is 5.94. The molecule has 1 fully saturated rings. The molecule has 4 rings (SSSR count). The Balaban J connectivity index is 1.26. The summed E-state index contributed by atoms with van der Waals surface area (Å²) in [4.78, 5) is 33.3. The minimum absolute atomic E-state index is 0.105. The Labute approximate surface area is 210 Å². The number of nitrogens with zero attached hydrogens (tertiary/aromatic N) is 4. The third kappa shape index (κ3) is 6.54. The van der Waals surface area contributed by atoms with Crippen LogP contribution >= 0.6 is 0 Å². The molecule has 190 valence electrons. The standard InChI is InChI=1S/C27H32FN5O3/c1-19-5-3-4-16-33(19)18-15-29-25(34)20-6-8-21(9-7-20)26-30-24(31-36-26)14-17-32(2)27(35)22-10-12-23(28)13-11-22/h6-13,19H,3-5,14-18H2,1-2H3,(H,29,34)/t19-/m1/s1. The van der Waals surface area contributed by atoms with Gasteiger partial charge in [-0.1, -0.05) is 11.6 Å². The summed E-state index contributed by atoms with van der Waals surface area (Å²) in [5.41, 5.74) is 1.70. The summed E-state index contributed by atoms with van der Waals surface area (Å²) in [5, 5.41) is 7.00. The number of hydrogen-bond donors (Lipinski definition) is 1. The van der Waals surface area contributed by atoms with E-state index in [1.165, 1.54) is 48.4 Å². The maximum Gasteiger partial charge on any atom is 0.257 e. The van der Waals surface area contributed by atoms with Crippen molar-refractivity contribution in [3.05, 3.63) is 71.3 Å². The zero-order chi connectivity index (χ0) is 25.5. The third-order valence-electron chi connectivity index (χ3n) is 6.60. The van der Waals surface area contributed by atoms with E-state index < -0.39 is 0 Å². The molecule has 1 N–H and O–H groups in total. The third-order valence-corrected chi connectivity index (χ3v) is 6.60. The van der Waals surface area contributed by atoms with Crippen molar-refractivity contribution in [2.75, 3.05) is 33.2 Å². The second-order valence-corrected chi connectivity index (χ2v) is 9.21. The fourth-order valence-corrected chi connectivity index (χ4v) is 4.32. The van der Waals surface area contributed by atoms with E-state index in [9.17, 15) is 14.0 Å². The number of aromatic nitrogens is 2. The van der Waals surface area contributed by atoms with Gasteiger partial charge >= 0.3 is 0 Å². The first-order valence-electron chi connectivity index (χ1n) is 12.4. The molecule has 2 aromatic carbocycles. The molecular weight excluding hydrogens is 461 g/mol. The first-order chi connectivity index (χ1) is 17.4. The molecule has 1 aliphatic heterocycles. The molecule has 2 heterocycles. The van der Waals surface area contributed by atoms with Gasteiger partial charge in [-0.2, -0.15) is 4.98 Å². The van der Waals surface area contributed by atoms with Crippen molar-refractivity contribution in [1.29, 1.82) is 0 Å². The number of benzene rings is 2. The predicted octanol–water partition coefficient (Wildman–Crippen LogP) is 3.79. The normalized spacial score (nSPS) is 16.0. The first-order valence-corrected chi connectivity index (χ1v) is 12.4. The molecule has 9 heteroatoms. The summed E-state index contributed by atoms with van der Waals surface area (Å²) in [7, 11) is 1.67. The summed E-state index contributed by atoms with van der Waals surface area (Å²) < 4.78 is 18.4. The molecule has 36 heavy (non-hydrogen) atoms. The maximum atomic E-state index is 13.1. The number of rotatable bonds is 9. The van der Waals surface area contributed by atoms with Crippen molar-refractivity contribution >= 4 is 11.8 Å². The van der Waals surface area contributed by atoms with Gasteiger partial charge < -0.3 is 14.7 Å². The number of amides is 2. The molecule has 3 aromatic rings. The van der Waals surface area contributed by atoms with Crippen LogP contribution in [0.5, 0.6) is 0 Å². The Bertz CT molecular complexity index is 1160. The van der Waals surface area contributed by atoms with E-state index in [1.807, 2.05) is 0 Å². The van der Waals surface area contributed by atoms with Crippen molar-refractivity contribution < 1.29 is 18.5 Å². The van der Waals surface area contributed by atoms with Crippen LogP contribution in [0.3, 0.4) is 0 Å². The number of piperidine rings is 1. The van der Waals surface area contributed by atoms with Gasteiger partial charge in [0.2, 0.25) is 0 Å². The fraction of sp³-hybridized carbons (Fsp3) is 0.407. The zero-order valence-corrected chi connectivity index (χ0v) is 20.7. The molecule has 0 bridgehead atoms. The SMILES string of the molecule is C[C@@H]1CCCCN1CCNC(=O)c1ccc(-c2nc(CCN(C)C(=O)c3ccc(F)cc3)no2)cc1. The molecule has 0 radical (unpaired) electrons. The Morgan fingerprint density at radius 2 is 1.83 bits per heavy atom. The number of carbonyl (C=O) groups excluding carboxylic acids is 2. The molecule has 0 spiro atoms. The van der Waals surface area contributed by atoms with Crippen LogP contribution in [0.25, 0.3) is 11.5 Å². The van der Waals surface area contributed by atoms with Gasteiger partial charge in [0.15, 0.2) is 5.82 Å². The minimum atomic E-state index is -0.385. The Hall–Kier alpha value is -3.59. The number of nitrogens with one attached hydrogen (secondary N) is 1. The molecule has 0 aliphatic carbocycles. The fourth-order valence-electron chi connectivity index (χ4n) is 4.32. The summed E-state index contributed by atoms with van der Waals surface area (Å²) in [6.07, 6.45) is 4.13. The number of hydrogen-bond acceptors (Lipinski definition) is 6. The molecule has 2 amide bonds. The van der Waals surface area contributed by atoms with Crippen molar-refractivity contribution in [3.63, 3.8) is 0 Å². The molecule has 8 nitrogen and oxygen atoms in total. The average Bonchev–Trinajstić information content (AvgIpc) is 3.37. The summed E-state index contributed by atoms with van der Waals surface area (Å²) in [6, 6.07) is 13.1. The molecule has 0 saturated carbocycles. The summed E-state index contributed by atoms with van der Waals surface area (Å²) in [5.74, 6) is 0.120. The molecule has 1 aliphatic rings. The minimum Gasteiger partial charge on any atom is -0.351 e. The number of halogens is 1. The molecule has 1 atom stereocenters. The van der Waals surface area contributed by atoms with E-state index >= 15 is 0 Å². The number of likely N-dealkylation sites (tertiary alicyclic amines) is 1. The Kier molecular flexibility index (Phi) is 8.43. The van der Waals surface area contributed by atoms with Crippen molar-refractivity contribution in [1.82, 2.24) is 25.3 Å². The van der Waals surface area contributed by atoms with Crippen LogP contribution < -0.4 is 5.32 Å². The van der Waals surface area contributed by atoms with Crippen molar-refractivity contribution in [3.8, 4) is 11.5 Å². The average molecular weight is 494 g/mol. The smallest absolute Gasteiger partial charge is 0.257 e. The number of carbonyl (C=O) groups is 2. The highest BCUT2D eigenvalue weighted by Crippen LogP contribution is 2.19. The van der Waals surface area contributed by atoms with Crippen LogP contribution in [0.15, 0.2) is 53.1 Å². The molecule has 1 aromatic heterocycles. The van der Waals surface area contributed by atoms with Gasteiger partial charge in [-0.3, -0.25) is 14.5 Å². The van der Waals surface area contributed by atoms with Crippen LogP contribution in [-0.2, 0) is 6.42 Å². The highest BCUT2D eigenvalue weighted by Gasteiger charge is 2.18. The molecular formula is C27H32FN5O3. The van der Waals surface area contributed by atoms with Gasteiger partial charge in [0.1, 0.15) is 5.82 Å². The van der Waals surface area contributed by atoms with Gasteiger partial charge in [-0.15, -0.1) is 0 Å². The second kappa shape index (κ2) is 11.9. The van der Waals surface area contributed by atoms with Crippen molar-refractivity contribution in [2.24, 2.45) is 0 Å². The lowest BCUT2D eigenvalue weighted by atomic mass is 10.0. The summed E-state index contributed by atoms with van der Waals surface area (Å²) >= 11 is 0. The molecule has 1 saturated heterocycles.